The Balaban J connectivity index is 1.69. The van der Waals surface area contributed by atoms with Gasteiger partial charge in [-0.3, -0.25) is 4.79 Å². The largest absolute Gasteiger partial charge is 0.508 e. The third-order valence-electron chi connectivity index (χ3n) is 4.20. The normalized spacial score (nSPS) is 22.4. The van der Waals surface area contributed by atoms with Crippen molar-refractivity contribution in [2.45, 2.75) is 32.1 Å². The fourth-order valence-corrected chi connectivity index (χ4v) is 2.80. The van der Waals surface area contributed by atoms with Gasteiger partial charge in [0.15, 0.2) is 0 Å². The quantitative estimate of drug-likeness (QED) is 0.768. The van der Waals surface area contributed by atoms with Crippen molar-refractivity contribution in [2.24, 2.45) is 17.6 Å². The number of hydrogen-bond acceptors (Lipinski definition) is 3. The Morgan fingerprint density at radius 1 is 1.20 bits per heavy atom. The molecule has 1 aliphatic rings. The van der Waals surface area contributed by atoms with E-state index in [0.29, 0.717) is 12.5 Å². The van der Waals surface area contributed by atoms with Crippen LogP contribution >= 0.6 is 0 Å². The van der Waals surface area contributed by atoms with Crippen LogP contribution in [-0.2, 0) is 11.2 Å². The average Bonchev–Trinajstić information content (AvgIpc) is 2.49. The van der Waals surface area contributed by atoms with Crippen molar-refractivity contribution < 1.29 is 9.90 Å². The molecule has 0 heterocycles. The molecule has 1 saturated carbocycles. The van der Waals surface area contributed by atoms with Gasteiger partial charge in [-0.05, 0) is 62.3 Å². The van der Waals surface area contributed by atoms with Crippen LogP contribution in [0.2, 0.25) is 0 Å². The van der Waals surface area contributed by atoms with Gasteiger partial charge in [0.2, 0.25) is 5.91 Å². The second kappa shape index (κ2) is 7.29. The number of benzene rings is 1. The highest BCUT2D eigenvalue weighted by molar-refractivity contribution is 5.78. The molecule has 4 nitrogen and oxygen atoms in total. The summed E-state index contributed by atoms with van der Waals surface area (Å²) in [5.74, 6) is 1.22. The van der Waals surface area contributed by atoms with Crippen molar-refractivity contribution in [3.63, 3.8) is 0 Å². The number of rotatable bonds is 5. The van der Waals surface area contributed by atoms with Gasteiger partial charge in [-0.2, -0.15) is 0 Å². The Hall–Kier alpha value is -1.55. The maximum Gasteiger partial charge on any atom is 0.223 e. The van der Waals surface area contributed by atoms with E-state index in [4.69, 9.17) is 5.73 Å². The van der Waals surface area contributed by atoms with Crippen LogP contribution < -0.4 is 11.1 Å². The van der Waals surface area contributed by atoms with Crippen LogP contribution in [0.3, 0.4) is 0 Å². The Morgan fingerprint density at radius 2 is 1.85 bits per heavy atom. The zero-order valence-electron chi connectivity index (χ0n) is 11.8. The van der Waals surface area contributed by atoms with E-state index in [9.17, 15) is 9.90 Å². The first-order chi connectivity index (χ1) is 9.69. The fraction of sp³-hybridized carbons (Fsp3) is 0.562. The molecule has 0 atom stereocenters. The highest BCUT2D eigenvalue weighted by Crippen LogP contribution is 2.28. The van der Waals surface area contributed by atoms with E-state index < -0.39 is 0 Å². The topological polar surface area (TPSA) is 75.4 Å². The number of amides is 1. The molecular weight excluding hydrogens is 252 g/mol. The molecule has 1 fully saturated rings. The lowest BCUT2D eigenvalue weighted by atomic mass is 9.81. The molecule has 0 spiro atoms. The predicted molar refractivity (Wildman–Crippen MR) is 79.3 cm³/mol. The summed E-state index contributed by atoms with van der Waals surface area (Å²) in [6.45, 7) is 1.40. The molecule has 1 aromatic carbocycles. The molecule has 1 aliphatic carbocycles. The maximum atomic E-state index is 12.1. The number of carbonyl (C=O) groups is 1. The summed E-state index contributed by atoms with van der Waals surface area (Å²) < 4.78 is 0. The first-order valence-electron chi connectivity index (χ1n) is 7.44. The molecular formula is C16H24N2O2. The lowest BCUT2D eigenvalue weighted by Crippen LogP contribution is -2.35. The Morgan fingerprint density at radius 3 is 2.45 bits per heavy atom. The van der Waals surface area contributed by atoms with Gasteiger partial charge >= 0.3 is 0 Å². The van der Waals surface area contributed by atoms with E-state index in [0.717, 1.165) is 44.2 Å². The second-order valence-electron chi connectivity index (χ2n) is 5.66. The van der Waals surface area contributed by atoms with Crippen LogP contribution in [0.4, 0.5) is 0 Å². The Kier molecular flexibility index (Phi) is 5.41. The van der Waals surface area contributed by atoms with Crippen LogP contribution in [0.25, 0.3) is 0 Å². The van der Waals surface area contributed by atoms with Crippen molar-refractivity contribution in [2.75, 3.05) is 13.1 Å². The molecule has 0 aliphatic heterocycles. The minimum absolute atomic E-state index is 0.164. The van der Waals surface area contributed by atoms with Crippen molar-refractivity contribution in [1.82, 2.24) is 5.32 Å². The Labute approximate surface area is 120 Å². The van der Waals surface area contributed by atoms with Gasteiger partial charge in [0.25, 0.3) is 0 Å². The zero-order chi connectivity index (χ0) is 14.4. The van der Waals surface area contributed by atoms with Crippen molar-refractivity contribution in [1.29, 1.82) is 0 Å². The minimum atomic E-state index is 0.164. The number of nitrogens with one attached hydrogen (secondary N) is 1. The second-order valence-corrected chi connectivity index (χ2v) is 5.66. The summed E-state index contributed by atoms with van der Waals surface area (Å²) in [7, 11) is 0. The van der Waals surface area contributed by atoms with Gasteiger partial charge in [-0.25, -0.2) is 0 Å². The number of aromatic hydroxyl groups is 1. The number of phenolic OH excluding ortho intramolecular Hbond substituents is 1. The number of carbonyl (C=O) groups excluding carboxylic acids is 1. The predicted octanol–water partition coefficient (Wildman–Crippen LogP) is 1.82. The molecule has 1 amide bonds. The first kappa shape index (κ1) is 14.9. The molecule has 20 heavy (non-hydrogen) atoms. The first-order valence-corrected chi connectivity index (χ1v) is 7.44. The lowest BCUT2D eigenvalue weighted by Gasteiger charge is -2.26. The summed E-state index contributed by atoms with van der Waals surface area (Å²) in [5, 5.41) is 12.2. The fourth-order valence-electron chi connectivity index (χ4n) is 2.80. The van der Waals surface area contributed by atoms with Crippen LogP contribution in [0.1, 0.15) is 31.2 Å². The molecule has 0 aromatic heterocycles. The van der Waals surface area contributed by atoms with Crippen LogP contribution in [-0.4, -0.2) is 24.1 Å². The van der Waals surface area contributed by atoms with Gasteiger partial charge in [0.1, 0.15) is 5.75 Å². The van der Waals surface area contributed by atoms with Crippen LogP contribution in [0.15, 0.2) is 24.3 Å². The summed E-state index contributed by atoms with van der Waals surface area (Å²) in [4.78, 5) is 12.1. The third-order valence-corrected chi connectivity index (χ3v) is 4.20. The molecule has 0 unspecified atom stereocenters. The summed E-state index contributed by atoms with van der Waals surface area (Å²) >= 11 is 0. The van der Waals surface area contributed by atoms with E-state index in [1.54, 1.807) is 12.1 Å². The van der Waals surface area contributed by atoms with E-state index >= 15 is 0 Å². The van der Waals surface area contributed by atoms with Crippen LogP contribution in [0.5, 0.6) is 5.75 Å². The molecule has 0 bridgehead atoms. The summed E-state index contributed by atoms with van der Waals surface area (Å²) in [6, 6.07) is 7.11. The van der Waals surface area contributed by atoms with Crippen molar-refractivity contribution >= 4 is 5.91 Å². The van der Waals surface area contributed by atoms with Gasteiger partial charge in [0.05, 0.1) is 0 Å². The third kappa shape index (κ3) is 4.23. The highest BCUT2D eigenvalue weighted by atomic mass is 16.3. The number of nitrogens with two attached hydrogens (primary N) is 1. The molecule has 4 heteroatoms. The molecule has 4 N–H and O–H groups in total. The number of hydrogen-bond donors (Lipinski definition) is 3. The Bertz CT molecular complexity index is 423. The van der Waals surface area contributed by atoms with Crippen LogP contribution in [0, 0.1) is 11.8 Å². The summed E-state index contributed by atoms with van der Waals surface area (Å²) in [5.41, 5.74) is 6.78. The molecule has 110 valence electrons. The highest BCUT2D eigenvalue weighted by Gasteiger charge is 2.25. The molecule has 1 aromatic rings. The van der Waals surface area contributed by atoms with Gasteiger partial charge in [-0.15, -0.1) is 0 Å². The standard InChI is InChI=1S/C16H24N2O2/c17-11-13-1-5-14(6-2-13)16(20)18-10-9-12-3-7-15(19)8-4-12/h3-4,7-8,13-14,19H,1-2,5-6,9-11,17H2,(H,18,20). The average molecular weight is 276 g/mol. The van der Waals surface area contributed by atoms with Gasteiger partial charge < -0.3 is 16.2 Å². The molecule has 2 rings (SSSR count). The van der Waals surface area contributed by atoms with Crippen molar-refractivity contribution in [3.8, 4) is 5.75 Å². The summed E-state index contributed by atoms with van der Waals surface area (Å²) in [6.07, 6.45) is 4.88. The van der Waals surface area contributed by atoms with Gasteiger partial charge in [-0.1, -0.05) is 12.1 Å². The minimum Gasteiger partial charge on any atom is -0.508 e. The number of phenols is 1. The lowest BCUT2D eigenvalue weighted by molar-refractivity contribution is -0.126. The monoisotopic (exact) mass is 276 g/mol. The molecule has 0 radical (unpaired) electrons. The van der Waals surface area contributed by atoms with E-state index in [1.165, 1.54) is 0 Å². The molecule has 0 saturated heterocycles. The van der Waals surface area contributed by atoms with Crippen molar-refractivity contribution in [3.05, 3.63) is 29.8 Å². The van der Waals surface area contributed by atoms with Gasteiger partial charge in [0, 0.05) is 12.5 Å². The maximum absolute atomic E-state index is 12.1. The zero-order valence-corrected chi connectivity index (χ0v) is 11.8. The SMILES string of the molecule is NCC1CCC(C(=O)NCCc2ccc(O)cc2)CC1. The smallest absolute Gasteiger partial charge is 0.223 e. The van der Waals surface area contributed by atoms with E-state index in [-0.39, 0.29) is 17.6 Å². The van der Waals surface area contributed by atoms with E-state index in [2.05, 4.69) is 5.32 Å². The van der Waals surface area contributed by atoms with E-state index in [1.807, 2.05) is 12.1 Å².